The van der Waals surface area contributed by atoms with Crippen LogP contribution in [0.3, 0.4) is 0 Å². The minimum atomic E-state index is -1.54. The summed E-state index contributed by atoms with van der Waals surface area (Å²) < 4.78 is 0. The molecule has 4 N–H and O–H groups in total. The molecule has 0 aliphatic carbocycles. The van der Waals surface area contributed by atoms with E-state index in [9.17, 15) is 24.6 Å². The van der Waals surface area contributed by atoms with E-state index in [1.54, 1.807) is 0 Å². The molecule has 0 spiro atoms. The number of ketones is 1. The highest BCUT2D eigenvalue weighted by molar-refractivity contribution is 6.19. The fraction of sp³-hybridized carbons (Fsp3) is 0. The van der Waals surface area contributed by atoms with Gasteiger partial charge in [-0.2, -0.15) is 0 Å². The minimum absolute atomic E-state index is 0.265. The zero-order valence-electron chi connectivity index (χ0n) is 11.0. The lowest BCUT2D eigenvalue weighted by Crippen LogP contribution is -2.14. The van der Waals surface area contributed by atoms with Crippen LogP contribution in [0.2, 0.25) is 0 Å². The lowest BCUT2D eigenvalue weighted by atomic mass is 9.94. The summed E-state index contributed by atoms with van der Waals surface area (Å²) in [6.45, 7) is 0. The van der Waals surface area contributed by atoms with Gasteiger partial charge in [0.15, 0.2) is 5.78 Å². The van der Waals surface area contributed by atoms with Crippen molar-refractivity contribution in [1.29, 1.82) is 0 Å². The summed E-state index contributed by atoms with van der Waals surface area (Å²) >= 11 is 0. The predicted octanol–water partition coefficient (Wildman–Crippen LogP) is 1.73. The van der Waals surface area contributed by atoms with E-state index in [0.29, 0.717) is 0 Å². The molecular formula is C15H10O7. The van der Waals surface area contributed by atoms with Gasteiger partial charge in [0.1, 0.15) is 11.5 Å². The molecule has 0 aliphatic heterocycles. The highest BCUT2D eigenvalue weighted by Gasteiger charge is 2.26. The van der Waals surface area contributed by atoms with E-state index in [1.165, 1.54) is 24.3 Å². The molecule has 0 fully saturated rings. The summed E-state index contributed by atoms with van der Waals surface area (Å²) in [5.41, 5.74) is -1.79. The third-order valence-electron chi connectivity index (χ3n) is 2.96. The maximum Gasteiger partial charge on any atom is 0.336 e. The van der Waals surface area contributed by atoms with Gasteiger partial charge >= 0.3 is 11.9 Å². The van der Waals surface area contributed by atoms with Gasteiger partial charge < -0.3 is 20.4 Å². The van der Waals surface area contributed by atoms with Crippen molar-refractivity contribution in [2.24, 2.45) is 0 Å². The largest absolute Gasteiger partial charge is 0.508 e. The van der Waals surface area contributed by atoms with Crippen LogP contribution in [0.5, 0.6) is 11.5 Å². The van der Waals surface area contributed by atoms with E-state index < -0.39 is 40.3 Å². The van der Waals surface area contributed by atoms with E-state index >= 15 is 0 Å². The van der Waals surface area contributed by atoms with Crippen LogP contribution in [0, 0.1) is 0 Å². The van der Waals surface area contributed by atoms with Crippen LogP contribution in [-0.4, -0.2) is 38.1 Å². The van der Waals surface area contributed by atoms with Crippen molar-refractivity contribution in [2.75, 3.05) is 0 Å². The molecule has 22 heavy (non-hydrogen) atoms. The quantitative estimate of drug-likeness (QED) is 0.632. The first kappa shape index (κ1) is 15.0. The van der Waals surface area contributed by atoms with Gasteiger partial charge in [-0.05, 0) is 12.1 Å². The first-order valence-electron chi connectivity index (χ1n) is 5.99. The Hall–Kier alpha value is -3.35. The van der Waals surface area contributed by atoms with E-state index in [1.807, 2.05) is 0 Å². The third-order valence-corrected chi connectivity index (χ3v) is 2.96. The maximum absolute atomic E-state index is 12.5. The molecule has 0 radical (unpaired) electrons. The van der Waals surface area contributed by atoms with E-state index in [0.717, 1.165) is 12.1 Å². The molecule has 0 heterocycles. The standard InChI is InChI=1S/C15H10O7/c16-7-5-10(15(21)22)12(11(17)6-7)13(18)8-3-1-2-4-9(8)14(19)20/h1-6,16-17H,(H,19,20)(H,21,22). The number of hydrogen-bond acceptors (Lipinski definition) is 5. The smallest absolute Gasteiger partial charge is 0.336 e. The van der Waals surface area contributed by atoms with Gasteiger partial charge in [-0.15, -0.1) is 0 Å². The fourth-order valence-electron chi connectivity index (χ4n) is 2.02. The van der Waals surface area contributed by atoms with Crippen LogP contribution in [-0.2, 0) is 0 Å². The number of carboxylic acid groups (broad SMARTS) is 2. The molecule has 7 heteroatoms. The van der Waals surface area contributed by atoms with Crippen LogP contribution in [0.4, 0.5) is 0 Å². The Morgan fingerprint density at radius 1 is 0.773 bits per heavy atom. The van der Waals surface area contributed by atoms with Crippen LogP contribution in [0.25, 0.3) is 0 Å². The fourth-order valence-corrected chi connectivity index (χ4v) is 2.02. The highest BCUT2D eigenvalue weighted by Crippen LogP contribution is 2.30. The summed E-state index contributed by atoms with van der Waals surface area (Å²) in [4.78, 5) is 34.8. The number of aromatic carboxylic acids is 2. The summed E-state index contributed by atoms with van der Waals surface area (Å²) in [7, 11) is 0. The Labute approximate surface area is 123 Å². The van der Waals surface area contributed by atoms with Crippen LogP contribution in [0.1, 0.15) is 36.6 Å². The molecular weight excluding hydrogens is 292 g/mol. The summed E-state index contributed by atoms with van der Waals surface area (Å²) in [6.07, 6.45) is 0. The molecule has 0 aliphatic rings. The van der Waals surface area contributed by atoms with Gasteiger partial charge in [-0.3, -0.25) is 4.79 Å². The number of phenols is 2. The van der Waals surface area contributed by atoms with Crippen molar-refractivity contribution in [2.45, 2.75) is 0 Å². The monoisotopic (exact) mass is 302 g/mol. The van der Waals surface area contributed by atoms with Crippen molar-refractivity contribution in [3.63, 3.8) is 0 Å². The molecule has 0 saturated heterocycles. The number of carbonyl (C=O) groups excluding carboxylic acids is 1. The average Bonchev–Trinajstić information content (AvgIpc) is 2.45. The normalized spacial score (nSPS) is 10.2. The molecule has 0 saturated carbocycles. The first-order chi connectivity index (χ1) is 10.3. The third kappa shape index (κ3) is 2.59. The Morgan fingerprint density at radius 2 is 1.32 bits per heavy atom. The first-order valence-corrected chi connectivity index (χ1v) is 5.99. The van der Waals surface area contributed by atoms with Gasteiger partial charge in [-0.25, -0.2) is 9.59 Å². The number of carboxylic acids is 2. The predicted molar refractivity (Wildman–Crippen MR) is 73.6 cm³/mol. The molecule has 0 unspecified atom stereocenters. The van der Waals surface area contributed by atoms with Crippen molar-refractivity contribution in [3.05, 3.63) is 58.7 Å². The van der Waals surface area contributed by atoms with Gasteiger partial charge in [0.25, 0.3) is 0 Å². The Balaban J connectivity index is 2.70. The lowest BCUT2D eigenvalue weighted by Gasteiger charge is -2.10. The number of benzene rings is 2. The molecule has 2 rings (SSSR count). The topological polar surface area (TPSA) is 132 Å². The van der Waals surface area contributed by atoms with Crippen LogP contribution < -0.4 is 0 Å². The second-order valence-corrected chi connectivity index (χ2v) is 4.37. The zero-order valence-corrected chi connectivity index (χ0v) is 11.0. The summed E-state index contributed by atoms with van der Waals surface area (Å²) in [6, 6.07) is 6.84. The molecule has 2 aromatic rings. The zero-order chi connectivity index (χ0) is 16.4. The van der Waals surface area contributed by atoms with Gasteiger partial charge in [-0.1, -0.05) is 18.2 Å². The summed E-state index contributed by atoms with van der Waals surface area (Å²) in [5.74, 6) is -5.14. The van der Waals surface area contributed by atoms with E-state index in [-0.39, 0.29) is 11.1 Å². The number of hydrogen-bond donors (Lipinski definition) is 4. The average molecular weight is 302 g/mol. The van der Waals surface area contributed by atoms with Crippen LogP contribution >= 0.6 is 0 Å². The van der Waals surface area contributed by atoms with E-state index in [4.69, 9.17) is 10.2 Å². The molecule has 0 aromatic heterocycles. The molecule has 7 nitrogen and oxygen atoms in total. The highest BCUT2D eigenvalue weighted by atomic mass is 16.4. The second-order valence-electron chi connectivity index (χ2n) is 4.37. The summed E-state index contributed by atoms with van der Waals surface area (Å²) in [5, 5.41) is 37.3. The molecule has 0 atom stereocenters. The van der Waals surface area contributed by atoms with Crippen molar-refractivity contribution < 1.29 is 34.8 Å². The Kier molecular flexibility index (Phi) is 3.81. The second kappa shape index (κ2) is 5.57. The molecule has 0 amide bonds. The van der Waals surface area contributed by atoms with Gasteiger partial charge in [0.2, 0.25) is 0 Å². The molecule has 112 valence electrons. The van der Waals surface area contributed by atoms with Gasteiger partial charge in [0, 0.05) is 11.6 Å². The Bertz CT molecular complexity index is 792. The number of phenolic OH excluding ortho intramolecular Hbond substituents is 2. The van der Waals surface area contributed by atoms with Crippen molar-refractivity contribution in [3.8, 4) is 11.5 Å². The number of aromatic hydroxyl groups is 2. The molecule has 2 aromatic carbocycles. The van der Waals surface area contributed by atoms with Gasteiger partial charge in [0.05, 0.1) is 16.7 Å². The SMILES string of the molecule is O=C(O)c1ccccc1C(=O)c1c(O)cc(O)cc1C(=O)O. The molecule has 0 bridgehead atoms. The lowest BCUT2D eigenvalue weighted by molar-refractivity contribution is 0.0686. The Morgan fingerprint density at radius 3 is 1.86 bits per heavy atom. The minimum Gasteiger partial charge on any atom is -0.508 e. The van der Waals surface area contributed by atoms with E-state index in [2.05, 4.69) is 0 Å². The van der Waals surface area contributed by atoms with Crippen molar-refractivity contribution >= 4 is 17.7 Å². The maximum atomic E-state index is 12.5. The van der Waals surface area contributed by atoms with Crippen molar-refractivity contribution in [1.82, 2.24) is 0 Å². The number of carbonyl (C=O) groups is 3. The number of rotatable bonds is 4. The van der Waals surface area contributed by atoms with Crippen LogP contribution in [0.15, 0.2) is 36.4 Å².